The number of fused-ring (bicyclic) bond motifs is 1. The minimum Gasteiger partial charge on any atom is -0.493 e. The minimum absolute atomic E-state index is 0.695. The fourth-order valence-corrected chi connectivity index (χ4v) is 1.83. The molecule has 0 atom stereocenters. The van der Waals surface area contributed by atoms with Gasteiger partial charge in [-0.05, 0) is 13.0 Å². The lowest BCUT2D eigenvalue weighted by Crippen LogP contribution is -1.98. The van der Waals surface area contributed by atoms with Gasteiger partial charge in [-0.25, -0.2) is 9.97 Å². The zero-order chi connectivity index (χ0) is 12.4. The van der Waals surface area contributed by atoms with Gasteiger partial charge in [-0.3, -0.25) is 0 Å². The first-order valence-corrected chi connectivity index (χ1v) is 5.58. The number of methoxy groups -OCH3 is 2. The summed E-state index contributed by atoms with van der Waals surface area (Å²) in [5.41, 5.74) is 1.86. The molecule has 0 unspecified atom stereocenters. The van der Waals surface area contributed by atoms with Gasteiger partial charge in [0.15, 0.2) is 11.5 Å². The Labute approximate surface area is 101 Å². The van der Waals surface area contributed by atoms with Crippen molar-refractivity contribution in [3.8, 4) is 11.5 Å². The van der Waals surface area contributed by atoms with Crippen LogP contribution in [0.2, 0.25) is 0 Å². The van der Waals surface area contributed by atoms with E-state index in [1.54, 1.807) is 14.2 Å². The Hall–Kier alpha value is -1.84. The second kappa shape index (κ2) is 4.57. The SMILES string of the molecule is CCc1nc(C)c2cc(OC)c(OC)cc2n1. The molecule has 2 rings (SSSR count). The molecular weight excluding hydrogens is 216 g/mol. The average molecular weight is 232 g/mol. The first kappa shape index (κ1) is 11.6. The van der Waals surface area contributed by atoms with Gasteiger partial charge in [0.25, 0.3) is 0 Å². The van der Waals surface area contributed by atoms with Crippen molar-refractivity contribution in [3.05, 3.63) is 23.7 Å². The number of nitrogens with zero attached hydrogens (tertiary/aromatic N) is 2. The monoisotopic (exact) mass is 232 g/mol. The maximum absolute atomic E-state index is 5.28. The Balaban J connectivity index is 2.73. The molecule has 0 radical (unpaired) electrons. The van der Waals surface area contributed by atoms with E-state index in [1.165, 1.54) is 0 Å². The Kier molecular flexibility index (Phi) is 3.13. The van der Waals surface area contributed by atoms with Crippen molar-refractivity contribution in [2.45, 2.75) is 20.3 Å². The molecule has 0 amide bonds. The second-order valence-corrected chi connectivity index (χ2v) is 3.80. The molecule has 0 aliphatic heterocycles. The molecule has 4 nitrogen and oxygen atoms in total. The summed E-state index contributed by atoms with van der Waals surface area (Å²) in [6.07, 6.45) is 0.825. The summed E-state index contributed by atoms with van der Waals surface area (Å²) in [6, 6.07) is 3.81. The van der Waals surface area contributed by atoms with Gasteiger partial charge in [0.1, 0.15) is 5.82 Å². The van der Waals surface area contributed by atoms with Crippen LogP contribution in [0.15, 0.2) is 12.1 Å². The second-order valence-electron chi connectivity index (χ2n) is 3.80. The zero-order valence-corrected chi connectivity index (χ0v) is 10.6. The van der Waals surface area contributed by atoms with E-state index in [1.807, 2.05) is 26.0 Å². The normalized spacial score (nSPS) is 10.6. The van der Waals surface area contributed by atoms with Crippen LogP contribution >= 0.6 is 0 Å². The zero-order valence-electron chi connectivity index (χ0n) is 10.6. The van der Waals surface area contributed by atoms with Crippen LogP contribution in [0.25, 0.3) is 10.9 Å². The molecule has 0 fully saturated rings. The molecule has 17 heavy (non-hydrogen) atoms. The molecule has 0 bridgehead atoms. The van der Waals surface area contributed by atoms with E-state index in [0.29, 0.717) is 11.5 Å². The van der Waals surface area contributed by atoms with E-state index in [9.17, 15) is 0 Å². The van der Waals surface area contributed by atoms with Gasteiger partial charge in [0.05, 0.1) is 19.7 Å². The summed E-state index contributed by atoms with van der Waals surface area (Å²) in [7, 11) is 3.25. The molecule has 1 heterocycles. The predicted octanol–water partition coefficient (Wildman–Crippen LogP) is 2.52. The van der Waals surface area contributed by atoms with Crippen molar-refractivity contribution in [3.63, 3.8) is 0 Å². The van der Waals surface area contributed by atoms with Crippen LogP contribution in [0, 0.1) is 6.92 Å². The highest BCUT2D eigenvalue weighted by Gasteiger charge is 2.10. The Bertz CT molecular complexity index is 553. The van der Waals surface area contributed by atoms with Crippen LogP contribution in [0.4, 0.5) is 0 Å². The summed E-state index contributed by atoms with van der Waals surface area (Å²) < 4.78 is 10.5. The van der Waals surface area contributed by atoms with Crippen LogP contribution in [-0.4, -0.2) is 24.2 Å². The molecule has 1 aromatic heterocycles. The molecule has 0 aliphatic carbocycles. The van der Waals surface area contributed by atoms with Gasteiger partial charge in [-0.15, -0.1) is 0 Å². The van der Waals surface area contributed by atoms with Gasteiger partial charge in [-0.1, -0.05) is 6.92 Å². The Morgan fingerprint density at radius 1 is 1.06 bits per heavy atom. The number of benzene rings is 1. The maximum Gasteiger partial charge on any atom is 0.162 e. The van der Waals surface area contributed by atoms with Gasteiger partial charge in [0.2, 0.25) is 0 Å². The third kappa shape index (κ3) is 2.02. The van der Waals surface area contributed by atoms with E-state index in [2.05, 4.69) is 9.97 Å². The van der Waals surface area contributed by atoms with E-state index < -0.39 is 0 Å². The third-order valence-corrected chi connectivity index (χ3v) is 2.75. The van der Waals surface area contributed by atoms with Crippen molar-refractivity contribution >= 4 is 10.9 Å². The summed E-state index contributed by atoms with van der Waals surface area (Å²) >= 11 is 0. The number of hydrogen-bond donors (Lipinski definition) is 0. The Morgan fingerprint density at radius 2 is 1.71 bits per heavy atom. The minimum atomic E-state index is 0.695. The number of aryl methyl sites for hydroxylation is 2. The van der Waals surface area contributed by atoms with E-state index in [0.717, 1.165) is 28.8 Å². The topological polar surface area (TPSA) is 44.2 Å². The first-order valence-electron chi connectivity index (χ1n) is 5.58. The number of aromatic nitrogens is 2. The standard InChI is InChI=1S/C13H16N2O2/c1-5-13-14-8(2)9-6-11(16-3)12(17-4)7-10(9)15-13/h6-7H,5H2,1-4H3. The lowest BCUT2D eigenvalue weighted by molar-refractivity contribution is 0.355. The highest BCUT2D eigenvalue weighted by molar-refractivity contribution is 5.84. The lowest BCUT2D eigenvalue weighted by Gasteiger charge is -2.10. The van der Waals surface area contributed by atoms with Gasteiger partial charge >= 0.3 is 0 Å². The molecule has 4 heteroatoms. The van der Waals surface area contributed by atoms with Crippen LogP contribution in [-0.2, 0) is 6.42 Å². The highest BCUT2D eigenvalue weighted by Crippen LogP contribution is 2.32. The van der Waals surface area contributed by atoms with Crippen LogP contribution in [0.3, 0.4) is 0 Å². The molecule has 1 aromatic carbocycles. The molecule has 2 aromatic rings. The highest BCUT2D eigenvalue weighted by atomic mass is 16.5. The Morgan fingerprint density at radius 3 is 2.29 bits per heavy atom. The van der Waals surface area contributed by atoms with Gasteiger partial charge in [-0.2, -0.15) is 0 Å². The van der Waals surface area contributed by atoms with Crippen LogP contribution in [0.5, 0.6) is 11.5 Å². The quantitative estimate of drug-likeness (QED) is 0.815. The summed E-state index contributed by atoms with van der Waals surface area (Å²) in [6.45, 7) is 4.02. The van der Waals surface area contributed by atoms with E-state index in [-0.39, 0.29) is 0 Å². The fraction of sp³-hybridized carbons (Fsp3) is 0.385. The molecule has 0 aliphatic rings. The van der Waals surface area contributed by atoms with Crippen molar-refractivity contribution in [1.29, 1.82) is 0 Å². The number of hydrogen-bond acceptors (Lipinski definition) is 4. The van der Waals surface area contributed by atoms with E-state index >= 15 is 0 Å². The molecule has 90 valence electrons. The molecular formula is C13H16N2O2. The maximum atomic E-state index is 5.28. The smallest absolute Gasteiger partial charge is 0.162 e. The van der Waals surface area contributed by atoms with Crippen molar-refractivity contribution < 1.29 is 9.47 Å². The van der Waals surface area contributed by atoms with Crippen molar-refractivity contribution in [1.82, 2.24) is 9.97 Å². The predicted molar refractivity (Wildman–Crippen MR) is 66.8 cm³/mol. The molecule has 0 saturated heterocycles. The molecule has 0 spiro atoms. The number of ether oxygens (including phenoxy) is 2. The fourth-order valence-electron chi connectivity index (χ4n) is 1.83. The largest absolute Gasteiger partial charge is 0.493 e. The van der Waals surface area contributed by atoms with Crippen molar-refractivity contribution in [2.24, 2.45) is 0 Å². The van der Waals surface area contributed by atoms with Crippen LogP contribution in [0.1, 0.15) is 18.4 Å². The van der Waals surface area contributed by atoms with E-state index in [4.69, 9.17) is 9.47 Å². The lowest BCUT2D eigenvalue weighted by atomic mass is 10.1. The molecule has 0 saturated carbocycles. The summed E-state index contributed by atoms with van der Waals surface area (Å²) in [5.74, 6) is 2.25. The van der Waals surface area contributed by atoms with Crippen LogP contribution < -0.4 is 9.47 Å². The summed E-state index contributed by atoms with van der Waals surface area (Å²) in [4.78, 5) is 8.94. The first-order chi connectivity index (χ1) is 8.19. The number of rotatable bonds is 3. The third-order valence-electron chi connectivity index (χ3n) is 2.75. The average Bonchev–Trinajstić information content (AvgIpc) is 2.36. The summed E-state index contributed by atoms with van der Waals surface area (Å²) in [5, 5.41) is 1.000. The molecule has 0 N–H and O–H groups in total. The van der Waals surface area contributed by atoms with Crippen molar-refractivity contribution in [2.75, 3.05) is 14.2 Å². The van der Waals surface area contributed by atoms with Gasteiger partial charge in [0, 0.05) is 23.6 Å². The van der Waals surface area contributed by atoms with Gasteiger partial charge < -0.3 is 9.47 Å².